The van der Waals surface area contributed by atoms with Crippen LogP contribution < -0.4 is 16.4 Å². The number of nitrogens with zero attached hydrogens (tertiary/aromatic N) is 1. The standard InChI is InChI=1S/C30H20BNS/c1-2-10-21(11-3-1)31-26-15-7-4-12-22(26)30(25-20-32-19-18-27(25)31)23-13-5-8-16-28(23)33-29-17-9-6-14-24(29)30/h1-20H. The van der Waals surface area contributed by atoms with Crippen molar-refractivity contribution in [1.29, 1.82) is 0 Å². The van der Waals surface area contributed by atoms with E-state index in [1.807, 2.05) is 18.0 Å². The highest BCUT2D eigenvalue weighted by Crippen LogP contribution is 2.55. The van der Waals surface area contributed by atoms with Crippen molar-refractivity contribution < 1.29 is 0 Å². The van der Waals surface area contributed by atoms with E-state index in [1.54, 1.807) is 0 Å². The maximum atomic E-state index is 4.69. The molecule has 0 atom stereocenters. The highest BCUT2D eigenvalue weighted by atomic mass is 32.2. The van der Waals surface area contributed by atoms with Crippen molar-refractivity contribution in [2.45, 2.75) is 15.2 Å². The molecule has 0 amide bonds. The van der Waals surface area contributed by atoms with Crippen LogP contribution in [0.15, 0.2) is 131 Å². The smallest absolute Gasteiger partial charge is 0.242 e. The molecule has 1 spiro atoms. The molecular formula is C30H20BNS. The number of fused-ring (bicyclic) bond motifs is 8. The van der Waals surface area contributed by atoms with Crippen LogP contribution in [0.2, 0.25) is 0 Å². The SMILES string of the molecule is c1ccc(B2c3ccccc3C3(c4ccccc4Sc4ccccc43)c3cnccc32)cc1. The topological polar surface area (TPSA) is 12.9 Å². The Labute approximate surface area is 198 Å². The summed E-state index contributed by atoms with van der Waals surface area (Å²) in [6, 6.07) is 40.0. The van der Waals surface area contributed by atoms with Gasteiger partial charge in [-0.05, 0) is 40.5 Å². The van der Waals surface area contributed by atoms with Crippen molar-refractivity contribution in [2.75, 3.05) is 0 Å². The van der Waals surface area contributed by atoms with Gasteiger partial charge >= 0.3 is 0 Å². The lowest BCUT2D eigenvalue weighted by Crippen LogP contribution is -2.62. The summed E-state index contributed by atoms with van der Waals surface area (Å²) in [5.74, 6) is 0. The van der Waals surface area contributed by atoms with E-state index in [0.717, 1.165) is 0 Å². The lowest BCUT2D eigenvalue weighted by molar-refractivity contribution is 0.704. The predicted molar refractivity (Wildman–Crippen MR) is 138 cm³/mol. The van der Waals surface area contributed by atoms with Crippen LogP contribution in [-0.4, -0.2) is 11.7 Å². The maximum absolute atomic E-state index is 4.69. The average Bonchev–Trinajstić information content (AvgIpc) is 2.89. The molecule has 0 aliphatic carbocycles. The van der Waals surface area contributed by atoms with Gasteiger partial charge in [-0.2, -0.15) is 0 Å². The molecule has 2 aliphatic heterocycles. The number of hydrogen-bond acceptors (Lipinski definition) is 2. The molecule has 1 aromatic heterocycles. The van der Waals surface area contributed by atoms with Crippen LogP contribution in [-0.2, 0) is 5.41 Å². The summed E-state index contributed by atoms with van der Waals surface area (Å²) in [7, 11) is 0. The lowest BCUT2D eigenvalue weighted by Gasteiger charge is -2.47. The van der Waals surface area contributed by atoms with Gasteiger partial charge in [0.1, 0.15) is 0 Å². The molecular weight excluding hydrogens is 417 g/mol. The van der Waals surface area contributed by atoms with E-state index in [-0.39, 0.29) is 12.1 Å². The number of aromatic nitrogens is 1. The Bertz CT molecular complexity index is 1420. The molecule has 0 radical (unpaired) electrons. The molecule has 0 fully saturated rings. The second-order valence-corrected chi connectivity index (χ2v) is 9.82. The van der Waals surface area contributed by atoms with E-state index < -0.39 is 0 Å². The molecule has 0 saturated carbocycles. The van der Waals surface area contributed by atoms with Crippen molar-refractivity contribution in [3.63, 3.8) is 0 Å². The van der Waals surface area contributed by atoms with Gasteiger partial charge in [0.15, 0.2) is 0 Å². The molecule has 1 nitrogen and oxygen atoms in total. The second kappa shape index (κ2) is 7.23. The number of rotatable bonds is 1. The third-order valence-electron chi connectivity index (χ3n) is 7.18. The zero-order valence-corrected chi connectivity index (χ0v) is 18.8. The van der Waals surface area contributed by atoms with Crippen LogP contribution in [0.3, 0.4) is 0 Å². The van der Waals surface area contributed by atoms with Crippen LogP contribution in [0.25, 0.3) is 0 Å². The fourth-order valence-electron chi connectivity index (χ4n) is 5.95. The van der Waals surface area contributed by atoms with E-state index in [1.165, 1.54) is 48.4 Å². The minimum absolute atomic E-state index is 0.180. The van der Waals surface area contributed by atoms with Crippen LogP contribution in [0.1, 0.15) is 22.3 Å². The number of hydrogen-bond donors (Lipinski definition) is 0. The Balaban J connectivity index is 1.67. The van der Waals surface area contributed by atoms with Gasteiger partial charge < -0.3 is 0 Å². The largest absolute Gasteiger partial charge is 0.264 e. The van der Waals surface area contributed by atoms with E-state index in [2.05, 4.69) is 120 Å². The quantitative estimate of drug-likeness (QED) is 0.344. The fraction of sp³-hybridized carbons (Fsp3) is 0.0333. The normalized spacial score (nSPS) is 14.7. The van der Waals surface area contributed by atoms with Crippen LogP contribution in [0, 0.1) is 0 Å². The fourth-order valence-corrected chi connectivity index (χ4v) is 7.14. The van der Waals surface area contributed by atoms with Crippen LogP contribution in [0.4, 0.5) is 0 Å². The zero-order chi connectivity index (χ0) is 21.8. The highest BCUT2D eigenvalue weighted by Gasteiger charge is 2.51. The summed E-state index contributed by atoms with van der Waals surface area (Å²) in [4.78, 5) is 7.32. The summed E-state index contributed by atoms with van der Waals surface area (Å²) in [5, 5.41) is 0. The van der Waals surface area contributed by atoms with E-state index in [4.69, 9.17) is 0 Å². The van der Waals surface area contributed by atoms with Crippen molar-refractivity contribution in [2.24, 2.45) is 0 Å². The lowest BCUT2D eigenvalue weighted by atomic mass is 9.31. The van der Waals surface area contributed by atoms with Gasteiger partial charge in [0.05, 0.1) is 5.41 Å². The summed E-state index contributed by atoms with van der Waals surface area (Å²) in [6.45, 7) is 0.180. The third kappa shape index (κ3) is 2.54. The molecule has 2 aliphatic rings. The second-order valence-electron chi connectivity index (χ2n) is 8.74. The van der Waals surface area contributed by atoms with E-state index in [0.29, 0.717) is 0 Å². The number of pyridine rings is 1. The summed E-state index contributed by atoms with van der Waals surface area (Å²) < 4.78 is 0. The Hall–Kier alpha value is -3.56. The molecule has 0 saturated heterocycles. The maximum Gasteiger partial charge on any atom is 0.242 e. The summed E-state index contributed by atoms with van der Waals surface area (Å²) in [6.07, 6.45) is 4.07. The molecule has 3 heterocycles. The van der Waals surface area contributed by atoms with Crippen molar-refractivity contribution >= 4 is 34.9 Å². The minimum atomic E-state index is -0.385. The Morgan fingerprint density at radius 2 is 1.12 bits per heavy atom. The number of benzene rings is 4. The van der Waals surface area contributed by atoms with Crippen molar-refractivity contribution in [3.8, 4) is 0 Å². The molecule has 5 aromatic rings. The molecule has 0 N–H and O–H groups in total. The van der Waals surface area contributed by atoms with Gasteiger partial charge in [-0.1, -0.05) is 119 Å². The Morgan fingerprint density at radius 3 is 1.85 bits per heavy atom. The van der Waals surface area contributed by atoms with E-state index in [9.17, 15) is 0 Å². The molecule has 0 bridgehead atoms. The van der Waals surface area contributed by atoms with Gasteiger partial charge in [0, 0.05) is 22.2 Å². The van der Waals surface area contributed by atoms with Crippen LogP contribution in [0.5, 0.6) is 0 Å². The van der Waals surface area contributed by atoms with Gasteiger partial charge in [-0.25, -0.2) is 0 Å². The average molecular weight is 437 g/mol. The first kappa shape index (κ1) is 19.0. The van der Waals surface area contributed by atoms with Crippen molar-refractivity contribution in [3.05, 3.63) is 144 Å². The Morgan fingerprint density at radius 1 is 0.545 bits per heavy atom. The molecule has 3 heteroatoms. The van der Waals surface area contributed by atoms with Gasteiger partial charge in [0.25, 0.3) is 0 Å². The summed E-state index contributed by atoms with van der Waals surface area (Å²) in [5.41, 5.74) is 9.00. The monoisotopic (exact) mass is 437 g/mol. The van der Waals surface area contributed by atoms with Gasteiger partial charge in [-0.3, -0.25) is 4.98 Å². The molecule has 7 rings (SSSR count). The third-order valence-corrected chi connectivity index (χ3v) is 8.33. The molecule has 0 unspecified atom stereocenters. The van der Waals surface area contributed by atoms with Crippen LogP contribution >= 0.6 is 11.8 Å². The molecule has 154 valence electrons. The first-order valence-corrected chi connectivity index (χ1v) is 12.2. The molecule has 33 heavy (non-hydrogen) atoms. The predicted octanol–water partition coefficient (Wildman–Crippen LogP) is 4.76. The van der Waals surface area contributed by atoms with E-state index >= 15 is 0 Å². The first-order chi connectivity index (χ1) is 16.4. The van der Waals surface area contributed by atoms with Crippen molar-refractivity contribution in [1.82, 2.24) is 4.98 Å². The minimum Gasteiger partial charge on any atom is -0.264 e. The Kier molecular flexibility index (Phi) is 4.15. The summed E-state index contributed by atoms with van der Waals surface area (Å²) >= 11 is 1.88. The molecule has 4 aromatic carbocycles. The van der Waals surface area contributed by atoms with Gasteiger partial charge in [0.2, 0.25) is 6.71 Å². The first-order valence-electron chi connectivity index (χ1n) is 11.3. The van der Waals surface area contributed by atoms with Gasteiger partial charge in [-0.15, -0.1) is 0 Å². The zero-order valence-electron chi connectivity index (χ0n) is 18.0. The highest BCUT2D eigenvalue weighted by molar-refractivity contribution is 7.99.